The lowest BCUT2D eigenvalue weighted by Gasteiger charge is -2.50. The summed E-state index contributed by atoms with van der Waals surface area (Å²) in [7, 11) is 6.72. The van der Waals surface area contributed by atoms with E-state index in [-0.39, 0.29) is 42.0 Å². The molecule has 1 aromatic rings. The molecule has 1 heterocycles. The summed E-state index contributed by atoms with van der Waals surface area (Å²) in [5.41, 5.74) is 2.39. The first kappa shape index (κ1) is 23.9. The molecule has 3 aliphatic carbocycles. The van der Waals surface area contributed by atoms with E-state index in [1.165, 1.54) is 11.1 Å². The summed E-state index contributed by atoms with van der Waals surface area (Å²) in [4.78, 5) is 46.3. The van der Waals surface area contributed by atoms with E-state index in [0.717, 1.165) is 0 Å². The van der Waals surface area contributed by atoms with Gasteiger partial charge in [-0.05, 0) is 52.5 Å². The van der Waals surface area contributed by atoms with Crippen LogP contribution in [0.1, 0.15) is 28.0 Å². The number of fused-ring (bicyclic) bond motifs is 3. The first-order chi connectivity index (χ1) is 15.8. The van der Waals surface area contributed by atoms with Crippen molar-refractivity contribution >= 4 is 17.5 Å². The Morgan fingerprint density at radius 2 is 1.85 bits per heavy atom. The number of aliphatic hydroxyl groups is 3. The number of allylic oxidation sites excluding steroid dienone is 1. The SMILES string of the molecule is CN(C)Cc1ncc2c(c1O)C(=O)C1=C(O)[C@]3(O)C(=O)C(C(N)=O)=C(O)[C@@H](N(C)C)[C@@H]3C[C@@H]1C2. The topological polar surface area (TPSA) is 178 Å². The number of carbonyl (C=O) groups excluding carboxylic acids is 3. The van der Waals surface area contributed by atoms with E-state index >= 15 is 0 Å². The van der Waals surface area contributed by atoms with E-state index in [1.807, 2.05) is 0 Å². The zero-order valence-corrected chi connectivity index (χ0v) is 19.4. The Labute approximate surface area is 195 Å². The molecule has 0 bridgehead atoms. The summed E-state index contributed by atoms with van der Waals surface area (Å²) in [6.07, 6.45) is 1.78. The Morgan fingerprint density at radius 1 is 1.21 bits per heavy atom. The largest absolute Gasteiger partial charge is 0.510 e. The van der Waals surface area contributed by atoms with Crippen LogP contribution in [-0.4, -0.2) is 92.5 Å². The molecule has 1 aromatic heterocycles. The van der Waals surface area contributed by atoms with Crippen LogP contribution in [0.15, 0.2) is 28.9 Å². The molecule has 182 valence electrons. The standard InChI is InChI=1S/C23H28N4O7/c1-26(2)8-12-17(28)13-10(7-25-12)5-9-6-11-16(27(3)4)19(30)15(22(24)33)21(32)23(11,34)20(31)14(9)18(13)29/h7,9,11,16,28,30-31,34H,5-6,8H2,1-4H3,(H2,24,33)/t9-,11-,16-,23-/m0/s1. The van der Waals surface area contributed by atoms with Crippen molar-refractivity contribution in [3.63, 3.8) is 0 Å². The maximum atomic E-state index is 13.5. The van der Waals surface area contributed by atoms with Crippen LogP contribution in [0.3, 0.4) is 0 Å². The van der Waals surface area contributed by atoms with Crippen LogP contribution in [0.2, 0.25) is 0 Å². The van der Waals surface area contributed by atoms with Crippen molar-refractivity contribution in [3.8, 4) is 5.75 Å². The highest BCUT2D eigenvalue weighted by molar-refractivity contribution is 6.24. The van der Waals surface area contributed by atoms with Crippen LogP contribution >= 0.6 is 0 Å². The Morgan fingerprint density at radius 3 is 2.41 bits per heavy atom. The van der Waals surface area contributed by atoms with Gasteiger partial charge in [0, 0.05) is 24.2 Å². The van der Waals surface area contributed by atoms with Gasteiger partial charge in [-0.25, -0.2) is 0 Å². The molecule has 11 nitrogen and oxygen atoms in total. The van der Waals surface area contributed by atoms with E-state index in [4.69, 9.17) is 5.73 Å². The Hall–Kier alpha value is -3.28. The molecule has 0 saturated heterocycles. The molecule has 3 aliphatic rings. The number of nitrogens with zero attached hydrogens (tertiary/aromatic N) is 3. The van der Waals surface area contributed by atoms with Crippen molar-refractivity contribution in [3.05, 3.63) is 45.7 Å². The van der Waals surface area contributed by atoms with Crippen molar-refractivity contribution < 1.29 is 34.8 Å². The number of aliphatic hydroxyl groups excluding tert-OH is 2. The smallest absolute Gasteiger partial charge is 0.255 e. The number of aromatic hydroxyl groups is 1. The zero-order valence-electron chi connectivity index (χ0n) is 19.4. The van der Waals surface area contributed by atoms with Crippen molar-refractivity contribution in [1.82, 2.24) is 14.8 Å². The second kappa shape index (κ2) is 7.90. The van der Waals surface area contributed by atoms with Gasteiger partial charge in [0.2, 0.25) is 5.78 Å². The highest BCUT2D eigenvalue weighted by atomic mass is 16.3. The molecule has 0 radical (unpaired) electrons. The minimum atomic E-state index is -2.64. The summed E-state index contributed by atoms with van der Waals surface area (Å²) in [5, 5.41) is 44.3. The average molecular weight is 472 g/mol. The molecule has 0 spiro atoms. The van der Waals surface area contributed by atoms with Gasteiger partial charge in [0.05, 0.1) is 17.3 Å². The summed E-state index contributed by atoms with van der Waals surface area (Å²) in [6.45, 7) is 0.266. The van der Waals surface area contributed by atoms with Gasteiger partial charge in [0.25, 0.3) is 5.91 Å². The summed E-state index contributed by atoms with van der Waals surface area (Å²) in [6, 6.07) is -1.01. The summed E-state index contributed by atoms with van der Waals surface area (Å²) >= 11 is 0. The number of hydrogen-bond acceptors (Lipinski definition) is 10. The fourth-order valence-electron chi connectivity index (χ4n) is 5.57. The molecule has 0 fully saturated rings. The van der Waals surface area contributed by atoms with Crippen LogP contribution in [0.4, 0.5) is 0 Å². The molecular formula is C23H28N4O7. The molecule has 4 atom stereocenters. The number of nitrogens with two attached hydrogens (primary N) is 1. The van der Waals surface area contributed by atoms with Crippen molar-refractivity contribution in [2.24, 2.45) is 17.6 Å². The number of amides is 1. The number of hydrogen-bond donors (Lipinski definition) is 5. The van der Waals surface area contributed by atoms with Gasteiger partial charge in [-0.3, -0.25) is 24.3 Å². The van der Waals surface area contributed by atoms with Gasteiger partial charge in [0.15, 0.2) is 11.4 Å². The predicted molar refractivity (Wildman–Crippen MR) is 119 cm³/mol. The molecule has 6 N–H and O–H groups in total. The van der Waals surface area contributed by atoms with Crippen LogP contribution < -0.4 is 5.73 Å². The quantitative estimate of drug-likeness (QED) is 0.361. The monoisotopic (exact) mass is 472 g/mol. The summed E-state index contributed by atoms with van der Waals surface area (Å²) in [5.74, 6) is -6.67. The number of aromatic nitrogens is 1. The highest BCUT2D eigenvalue weighted by Gasteiger charge is 2.63. The maximum absolute atomic E-state index is 13.5. The second-order valence-electron chi connectivity index (χ2n) is 9.65. The minimum absolute atomic E-state index is 0.0346. The molecule has 0 aromatic carbocycles. The van der Waals surface area contributed by atoms with Crippen LogP contribution in [0.5, 0.6) is 5.75 Å². The van der Waals surface area contributed by atoms with Gasteiger partial charge in [-0.1, -0.05) is 0 Å². The third kappa shape index (κ3) is 3.15. The molecule has 4 rings (SSSR count). The normalized spacial score (nSPS) is 28.9. The van der Waals surface area contributed by atoms with Gasteiger partial charge in [-0.15, -0.1) is 0 Å². The first-order valence-electron chi connectivity index (χ1n) is 10.8. The number of carbonyl (C=O) groups is 3. The maximum Gasteiger partial charge on any atom is 0.255 e. The van der Waals surface area contributed by atoms with Crippen molar-refractivity contribution in [1.29, 1.82) is 0 Å². The number of primary amides is 1. The average Bonchev–Trinajstić information content (AvgIpc) is 2.72. The molecule has 34 heavy (non-hydrogen) atoms. The highest BCUT2D eigenvalue weighted by Crippen LogP contribution is 2.52. The minimum Gasteiger partial charge on any atom is -0.510 e. The van der Waals surface area contributed by atoms with E-state index in [9.17, 15) is 34.8 Å². The lowest BCUT2D eigenvalue weighted by atomic mass is 9.58. The third-order valence-electron chi connectivity index (χ3n) is 7.00. The lowest BCUT2D eigenvalue weighted by molar-refractivity contribution is -0.148. The van der Waals surface area contributed by atoms with Gasteiger partial charge in [0.1, 0.15) is 22.8 Å². The Balaban J connectivity index is 1.92. The van der Waals surface area contributed by atoms with Crippen LogP contribution in [-0.2, 0) is 22.6 Å². The Kier molecular flexibility index (Phi) is 5.54. The van der Waals surface area contributed by atoms with Gasteiger partial charge >= 0.3 is 0 Å². The molecule has 11 heteroatoms. The van der Waals surface area contributed by atoms with E-state index in [1.54, 1.807) is 33.1 Å². The number of Topliss-reactive ketones (excluding diaryl/α,β-unsaturated/α-hetero) is 2. The fourth-order valence-corrected chi connectivity index (χ4v) is 5.57. The van der Waals surface area contributed by atoms with Gasteiger partial charge in [-0.2, -0.15) is 0 Å². The number of ketones is 2. The zero-order chi connectivity index (χ0) is 25.3. The molecule has 0 aliphatic heterocycles. The molecule has 0 saturated carbocycles. The number of rotatable bonds is 4. The first-order valence-corrected chi connectivity index (χ1v) is 10.8. The third-order valence-corrected chi connectivity index (χ3v) is 7.00. The Bertz CT molecular complexity index is 1190. The fraction of sp³-hybridized carbons (Fsp3) is 0.478. The predicted octanol–water partition coefficient (Wildman–Crippen LogP) is -0.423. The van der Waals surface area contributed by atoms with Gasteiger partial charge < -0.3 is 31.1 Å². The summed E-state index contributed by atoms with van der Waals surface area (Å²) < 4.78 is 0. The van der Waals surface area contributed by atoms with E-state index < -0.39 is 58.0 Å². The molecule has 1 amide bonds. The van der Waals surface area contributed by atoms with E-state index in [0.29, 0.717) is 5.56 Å². The second-order valence-corrected chi connectivity index (χ2v) is 9.65. The number of pyridine rings is 1. The van der Waals surface area contributed by atoms with Crippen molar-refractivity contribution in [2.75, 3.05) is 28.2 Å². The number of likely N-dealkylation sites (N-methyl/N-ethyl adjacent to an activating group) is 1. The van der Waals surface area contributed by atoms with Crippen LogP contribution in [0, 0.1) is 11.8 Å². The van der Waals surface area contributed by atoms with Crippen molar-refractivity contribution in [2.45, 2.75) is 31.0 Å². The van der Waals surface area contributed by atoms with E-state index in [2.05, 4.69) is 4.98 Å². The van der Waals surface area contributed by atoms with Crippen LogP contribution in [0.25, 0.3) is 0 Å². The lowest BCUT2D eigenvalue weighted by Crippen LogP contribution is -2.63. The molecular weight excluding hydrogens is 444 g/mol. The molecule has 0 unspecified atom stereocenters.